The number of carbonyl (C=O) groups excluding carboxylic acids is 1. The van der Waals surface area contributed by atoms with Crippen LogP contribution in [-0.2, 0) is 11.3 Å². The summed E-state index contributed by atoms with van der Waals surface area (Å²) in [4.78, 5) is 32.1. The van der Waals surface area contributed by atoms with E-state index in [1.54, 1.807) is 25.2 Å². The molecule has 3 heterocycles. The van der Waals surface area contributed by atoms with Gasteiger partial charge in [-0.1, -0.05) is 12.1 Å². The number of para-hydroxylation sites is 1. The van der Waals surface area contributed by atoms with Gasteiger partial charge < -0.3 is 9.32 Å². The van der Waals surface area contributed by atoms with Gasteiger partial charge in [-0.05, 0) is 25.0 Å². The highest BCUT2D eigenvalue weighted by Gasteiger charge is 2.49. The Bertz CT molecular complexity index is 1140. The molecular formula is C19H17F2N3O3. The molecule has 2 aliphatic rings. The molecule has 1 aromatic carbocycles. The molecule has 6 nitrogen and oxygen atoms in total. The van der Waals surface area contributed by atoms with Gasteiger partial charge in [0.15, 0.2) is 0 Å². The van der Waals surface area contributed by atoms with Gasteiger partial charge in [-0.2, -0.15) is 0 Å². The fourth-order valence-corrected chi connectivity index (χ4v) is 4.62. The minimum Gasteiger partial charge on any atom is -0.448 e. The predicted octanol–water partition coefficient (Wildman–Crippen LogP) is 2.95. The molecule has 5 rings (SSSR count). The Kier molecular flexibility index (Phi) is 3.41. The number of benzene rings is 1. The molecule has 3 aromatic rings. The smallest absolute Gasteiger partial charge is 0.297 e. The van der Waals surface area contributed by atoms with Gasteiger partial charge in [-0.25, -0.2) is 13.8 Å². The maximum atomic E-state index is 13.7. The van der Waals surface area contributed by atoms with Crippen LogP contribution in [0.15, 0.2) is 33.5 Å². The maximum absolute atomic E-state index is 13.7. The second-order valence-corrected chi connectivity index (χ2v) is 7.35. The molecule has 27 heavy (non-hydrogen) atoms. The fraction of sp³-hybridized carbons (Fsp3) is 0.421. The van der Waals surface area contributed by atoms with Crippen LogP contribution in [0.4, 0.5) is 8.78 Å². The number of hydrogen-bond donors (Lipinski definition) is 0. The number of hydrogen-bond acceptors (Lipinski definition) is 4. The largest absolute Gasteiger partial charge is 0.448 e. The van der Waals surface area contributed by atoms with E-state index < -0.39 is 29.9 Å². The van der Waals surface area contributed by atoms with Crippen LogP contribution < -0.4 is 5.56 Å². The number of rotatable bonds is 1. The van der Waals surface area contributed by atoms with Crippen LogP contribution in [0.5, 0.6) is 0 Å². The second kappa shape index (κ2) is 5.61. The van der Waals surface area contributed by atoms with Gasteiger partial charge in [0.1, 0.15) is 16.9 Å². The number of carbonyl (C=O) groups is 1. The monoisotopic (exact) mass is 373 g/mol. The molecule has 0 N–H and O–H groups in total. The van der Waals surface area contributed by atoms with Crippen LogP contribution in [0.25, 0.3) is 22.1 Å². The first-order valence-electron chi connectivity index (χ1n) is 8.93. The summed E-state index contributed by atoms with van der Waals surface area (Å²) in [6.45, 7) is 0.104. The van der Waals surface area contributed by atoms with Crippen molar-refractivity contribution >= 4 is 28.0 Å². The first-order valence-corrected chi connectivity index (χ1v) is 8.93. The molecule has 0 radical (unpaired) electrons. The molecule has 1 amide bonds. The summed E-state index contributed by atoms with van der Waals surface area (Å²) in [5, 5.41) is 0.694. The average molecular weight is 373 g/mol. The Balaban J connectivity index is 1.84. The van der Waals surface area contributed by atoms with Crippen molar-refractivity contribution < 1.29 is 18.0 Å². The van der Waals surface area contributed by atoms with Gasteiger partial charge in [-0.3, -0.25) is 14.2 Å². The first-order chi connectivity index (χ1) is 13.0. The molecule has 1 aliphatic carbocycles. The summed E-state index contributed by atoms with van der Waals surface area (Å²) >= 11 is 0. The number of furan rings is 1. The average Bonchev–Trinajstić information content (AvgIpc) is 3.21. The quantitative estimate of drug-likeness (QED) is 0.658. The van der Waals surface area contributed by atoms with Crippen LogP contribution >= 0.6 is 0 Å². The fourth-order valence-electron chi connectivity index (χ4n) is 4.62. The zero-order chi connectivity index (χ0) is 18.9. The van der Waals surface area contributed by atoms with Crippen molar-refractivity contribution in [3.8, 4) is 0 Å². The van der Waals surface area contributed by atoms with E-state index in [0.717, 1.165) is 0 Å². The van der Waals surface area contributed by atoms with Crippen molar-refractivity contribution in [1.29, 1.82) is 0 Å². The SMILES string of the molecule is CN1Cc2nc3c(oc4ccccc43)c(=O)n2C2C(CCC2C(F)F)C1=O. The number of halogens is 2. The van der Waals surface area contributed by atoms with Crippen molar-refractivity contribution in [2.24, 2.45) is 11.8 Å². The minimum absolute atomic E-state index is 0.0515. The third-order valence-electron chi connectivity index (χ3n) is 5.86. The Morgan fingerprint density at radius 1 is 1.22 bits per heavy atom. The lowest BCUT2D eigenvalue weighted by molar-refractivity contribution is -0.135. The lowest BCUT2D eigenvalue weighted by atomic mass is 9.96. The number of amides is 1. The van der Waals surface area contributed by atoms with E-state index in [1.165, 1.54) is 9.47 Å². The Hall–Kier alpha value is -2.77. The molecule has 2 aromatic heterocycles. The minimum atomic E-state index is -2.61. The highest BCUT2D eigenvalue weighted by molar-refractivity contribution is 6.01. The van der Waals surface area contributed by atoms with Gasteiger partial charge in [-0.15, -0.1) is 0 Å². The summed E-state index contributed by atoms with van der Waals surface area (Å²) in [6.07, 6.45) is -2.06. The van der Waals surface area contributed by atoms with Crippen LogP contribution in [0.1, 0.15) is 24.7 Å². The van der Waals surface area contributed by atoms with E-state index in [-0.39, 0.29) is 24.5 Å². The van der Waals surface area contributed by atoms with E-state index in [4.69, 9.17) is 4.42 Å². The Morgan fingerprint density at radius 3 is 2.78 bits per heavy atom. The molecule has 1 saturated carbocycles. The van der Waals surface area contributed by atoms with E-state index in [0.29, 0.717) is 28.7 Å². The van der Waals surface area contributed by atoms with Crippen molar-refractivity contribution in [2.75, 3.05) is 7.05 Å². The highest BCUT2D eigenvalue weighted by atomic mass is 19.3. The molecule has 3 atom stereocenters. The number of aromatic nitrogens is 2. The predicted molar refractivity (Wildman–Crippen MR) is 93.5 cm³/mol. The summed E-state index contributed by atoms with van der Waals surface area (Å²) in [5.74, 6) is -1.58. The van der Waals surface area contributed by atoms with Crippen LogP contribution in [-0.4, -0.2) is 33.8 Å². The van der Waals surface area contributed by atoms with Gasteiger partial charge in [0.2, 0.25) is 17.9 Å². The Labute approximate surface area is 152 Å². The number of nitrogens with zero attached hydrogens (tertiary/aromatic N) is 3. The molecule has 1 aliphatic heterocycles. The van der Waals surface area contributed by atoms with Gasteiger partial charge in [0, 0.05) is 18.4 Å². The van der Waals surface area contributed by atoms with Gasteiger partial charge in [0.25, 0.3) is 5.56 Å². The summed E-state index contributed by atoms with van der Waals surface area (Å²) < 4.78 is 34.4. The zero-order valence-electron chi connectivity index (χ0n) is 14.6. The summed E-state index contributed by atoms with van der Waals surface area (Å²) in [6, 6.07) is 6.26. The van der Waals surface area contributed by atoms with Crippen LogP contribution in [0.2, 0.25) is 0 Å². The van der Waals surface area contributed by atoms with Crippen molar-refractivity contribution in [3.63, 3.8) is 0 Å². The maximum Gasteiger partial charge on any atom is 0.297 e. The molecule has 0 spiro atoms. The summed E-state index contributed by atoms with van der Waals surface area (Å²) in [7, 11) is 1.62. The molecule has 0 bridgehead atoms. The zero-order valence-corrected chi connectivity index (χ0v) is 14.6. The van der Waals surface area contributed by atoms with Crippen molar-refractivity contribution in [3.05, 3.63) is 40.4 Å². The first kappa shape index (κ1) is 16.4. The number of fused-ring (bicyclic) bond motifs is 6. The molecule has 1 fully saturated rings. The highest BCUT2D eigenvalue weighted by Crippen LogP contribution is 2.46. The van der Waals surface area contributed by atoms with Crippen LogP contribution in [0.3, 0.4) is 0 Å². The van der Waals surface area contributed by atoms with Gasteiger partial charge >= 0.3 is 0 Å². The second-order valence-electron chi connectivity index (χ2n) is 7.35. The van der Waals surface area contributed by atoms with Crippen molar-refractivity contribution in [2.45, 2.75) is 31.9 Å². The molecule has 140 valence electrons. The normalized spacial score (nSPS) is 25.3. The molecule has 8 heteroatoms. The van der Waals surface area contributed by atoms with Gasteiger partial charge in [0.05, 0.1) is 18.5 Å². The Morgan fingerprint density at radius 2 is 2.00 bits per heavy atom. The van der Waals surface area contributed by atoms with E-state index >= 15 is 0 Å². The van der Waals surface area contributed by atoms with Crippen LogP contribution in [0, 0.1) is 11.8 Å². The lowest BCUT2D eigenvalue weighted by Crippen LogP contribution is -2.36. The lowest BCUT2D eigenvalue weighted by Gasteiger charge is -2.25. The van der Waals surface area contributed by atoms with E-state index in [9.17, 15) is 18.4 Å². The molecule has 0 saturated heterocycles. The number of alkyl halides is 2. The van der Waals surface area contributed by atoms with E-state index in [2.05, 4.69) is 4.98 Å². The van der Waals surface area contributed by atoms with E-state index in [1.807, 2.05) is 6.07 Å². The molecular weight excluding hydrogens is 356 g/mol. The third-order valence-corrected chi connectivity index (χ3v) is 5.86. The molecule has 3 unspecified atom stereocenters. The summed E-state index contributed by atoms with van der Waals surface area (Å²) in [5.41, 5.74) is 0.496. The van der Waals surface area contributed by atoms with Crippen molar-refractivity contribution in [1.82, 2.24) is 14.5 Å². The topological polar surface area (TPSA) is 68.3 Å². The third kappa shape index (κ3) is 2.18. The standard InChI is InChI=1S/C19H17F2N3O3/c1-23-8-13-22-14-9-4-2-3-5-12(9)27-16(14)19(26)24(13)15-10(17(20)21)6-7-11(15)18(23)25/h2-5,10-11,15,17H,6-8H2,1H3.